The number of benzene rings is 1. The van der Waals surface area contributed by atoms with Crippen LogP contribution in [0.1, 0.15) is 44.4 Å². The Bertz CT molecular complexity index is 358. The Morgan fingerprint density at radius 3 is 2.06 bits per heavy atom. The van der Waals surface area contributed by atoms with Crippen LogP contribution in [0.4, 0.5) is 0 Å². The topological polar surface area (TPSA) is 12.0 Å². The van der Waals surface area contributed by atoms with Crippen LogP contribution >= 0.6 is 0 Å². The molecule has 1 rings (SSSR count). The standard InChI is InChI=1S/C17H29N/c1-12(2)17(13(3)4)11-18-10-16-8-7-14(5)15(6)9-16/h7-9,12-13,17-18H,10-11H2,1-6H3. The fourth-order valence-corrected chi connectivity index (χ4v) is 2.54. The molecule has 0 amide bonds. The summed E-state index contributed by atoms with van der Waals surface area (Å²) in [5, 5.41) is 3.61. The Labute approximate surface area is 113 Å². The van der Waals surface area contributed by atoms with E-state index in [1.165, 1.54) is 16.7 Å². The number of aryl methyl sites for hydroxylation is 2. The van der Waals surface area contributed by atoms with Gasteiger partial charge in [0, 0.05) is 6.54 Å². The van der Waals surface area contributed by atoms with Crippen molar-refractivity contribution in [1.29, 1.82) is 0 Å². The smallest absolute Gasteiger partial charge is 0.0205 e. The number of hydrogen-bond donors (Lipinski definition) is 1. The zero-order valence-electron chi connectivity index (χ0n) is 12.9. The van der Waals surface area contributed by atoms with Crippen molar-refractivity contribution in [3.63, 3.8) is 0 Å². The molecule has 18 heavy (non-hydrogen) atoms. The Morgan fingerprint density at radius 2 is 1.56 bits per heavy atom. The van der Waals surface area contributed by atoms with E-state index in [0.29, 0.717) is 0 Å². The normalized spacial score (nSPS) is 11.8. The lowest BCUT2D eigenvalue weighted by atomic mass is 9.85. The van der Waals surface area contributed by atoms with Gasteiger partial charge in [0.05, 0.1) is 0 Å². The number of nitrogens with one attached hydrogen (secondary N) is 1. The number of rotatable bonds is 6. The maximum atomic E-state index is 3.61. The first-order valence-corrected chi connectivity index (χ1v) is 7.18. The summed E-state index contributed by atoms with van der Waals surface area (Å²) in [6.45, 7) is 15.7. The molecule has 0 aliphatic rings. The van der Waals surface area contributed by atoms with Gasteiger partial charge in [-0.05, 0) is 54.8 Å². The van der Waals surface area contributed by atoms with E-state index in [1.807, 2.05) is 0 Å². The molecule has 0 heterocycles. The van der Waals surface area contributed by atoms with Gasteiger partial charge < -0.3 is 5.32 Å². The summed E-state index contributed by atoms with van der Waals surface area (Å²) in [6.07, 6.45) is 0. The molecule has 0 aliphatic heterocycles. The summed E-state index contributed by atoms with van der Waals surface area (Å²) in [7, 11) is 0. The summed E-state index contributed by atoms with van der Waals surface area (Å²) in [5.74, 6) is 2.26. The Balaban J connectivity index is 2.47. The lowest BCUT2D eigenvalue weighted by Gasteiger charge is -2.25. The van der Waals surface area contributed by atoms with Crippen molar-refractivity contribution in [3.8, 4) is 0 Å². The van der Waals surface area contributed by atoms with Crippen LogP contribution in [0.3, 0.4) is 0 Å². The third-order valence-electron chi connectivity index (χ3n) is 3.99. The fourth-order valence-electron chi connectivity index (χ4n) is 2.54. The highest BCUT2D eigenvalue weighted by atomic mass is 14.9. The third kappa shape index (κ3) is 4.45. The second-order valence-electron chi connectivity index (χ2n) is 6.20. The molecule has 1 nitrogen and oxygen atoms in total. The van der Waals surface area contributed by atoms with Gasteiger partial charge in [-0.3, -0.25) is 0 Å². The Hall–Kier alpha value is -0.820. The predicted octanol–water partition coefficient (Wildman–Crippen LogP) is 4.32. The molecular weight excluding hydrogens is 218 g/mol. The van der Waals surface area contributed by atoms with Crippen LogP contribution in [-0.4, -0.2) is 6.54 Å². The van der Waals surface area contributed by atoms with Gasteiger partial charge in [-0.15, -0.1) is 0 Å². The lowest BCUT2D eigenvalue weighted by Crippen LogP contribution is -2.29. The molecule has 0 saturated heterocycles. The van der Waals surface area contributed by atoms with Crippen LogP contribution < -0.4 is 5.32 Å². The van der Waals surface area contributed by atoms with Crippen molar-refractivity contribution < 1.29 is 0 Å². The van der Waals surface area contributed by atoms with E-state index in [0.717, 1.165) is 30.8 Å². The van der Waals surface area contributed by atoms with E-state index in [4.69, 9.17) is 0 Å². The minimum Gasteiger partial charge on any atom is -0.312 e. The molecule has 1 heteroatoms. The zero-order valence-corrected chi connectivity index (χ0v) is 12.9. The van der Waals surface area contributed by atoms with E-state index in [9.17, 15) is 0 Å². The SMILES string of the molecule is Cc1ccc(CNCC(C(C)C)C(C)C)cc1C. The number of hydrogen-bond acceptors (Lipinski definition) is 1. The lowest BCUT2D eigenvalue weighted by molar-refractivity contribution is 0.275. The molecule has 0 saturated carbocycles. The molecule has 1 N–H and O–H groups in total. The van der Waals surface area contributed by atoms with Crippen molar-refractivity contribution in [2.24, 2.45) is 17.8 Å². The average Bonchev–Trinajstić information content (AvgIpc) is 2.28. The van der Waals surface area contributed by atoms with Crippen molar-refractivity contribution >= 4 is 0 Å². The molecule has 0 aliphatic carbocycles. The van der Waals surface area contributed by atoms with Crippen LogP contribution in [-0.2, 0) is 6.54 Å². The first kappa shape index (κ1) is 15.2. The quantitative estimate of drug-likeness (QED) is 0.789. The van der Waals surface area contributed by atoms with Crippen LogP contribution in [0.25, 0.3) is 0 Å². The molecule has 0 aromatic heterocycles. The Kier molecular flexibility index (Phi) is 5.87. The summed E-state index contributed by atoms with van der Waals surface area (Å²) >= 11 is 0. The largest absolute Gasteiger partial charge is 0.312 e. The minimum absolute atomic E-state index is 0.747. The summed E-state index contributed by atoms with van der Waals surface area (Å²) in [5.41, 5.74) is 4.16. The molecular formula is C17H29N. The molecule has 102 valence electrons. The zero-order chi connectivity index (χ0) is 13.7. The van der Waals surface area contributed by atoms with Crippen LogP contribution in [0.2, 0.25) is 0 Å². The monoisotopic (exact) mass is 247 g/mol. The van der Waals surface area contributed by atoms with Crippen LogP contribution in [0, 0.1) is 31.6 Å². The van der Waals surface area contributed by atoms with E-state index >= 15 is 0 Å². The van der Waals surface area contributed by atoms with Crippen LogP contribution in [0.15, 0.2) is 18.2 Å². The van der Waals surface area contributed by atoms with Gasteiger partial charge in [-0.1, -0.05) is 45.9 Å². The maximum absolute atomic E-state index is 3.61. The van der Waals surface area contributed by atoms with Crippen molar-refractivity contribution in [1.82, 2.24) is 5.32 Å². The van der Waals surface area contributed by atoms with E-state index in [1.54, 1.807) is 0 Å². The third-order valence-corrected chi connectivity index (χ3v) is 3.99. The molecule has 0 fully saturated rings. The van der Waals surface area contributed by atoms with Gasteiger partial charge in [0.25, 0.3) is 0 Å². The van der Waals surface area contributed by atoms with Crippen molar-refractivity contribution in [2.45, 2.75) is 48.1 Å². The van der Waals surface area contributed by atoms with Gasteiger partial charge in [0.15, 0.2) is 0 Å². The predicted molar refractivity (Wildman–Crippen MR) is 80.8 cm³/mol. The van der Waals surface area contributed by atoms with Crippen molar-refractivity contribution in [3.05, 3.63) is 34.9 Å². The first-order chi connectivity index (χ1) is 8.41. The minimum atomic E-state index is 0.747. The fraction of sp³-hybridized carbons (Fsp3) is 0.647. The molecule has 0 bridgehead atoms. The molecule has 0 atom stereocenters. The van der Waals surface area contributed by atoms with Gasteiger partial charge in [0.1, 0.15) is 0 Å². The highest BCUT2D eigenvalue weighted by molar-refractivity contribution is 5.29. The Morgan fingerprint density at radius 1 is 0.944 bits per heavy atom. The second kappa shape index (κ2) is 6.94. The molecule has 0 radical (unpaired) electrons. The van der Waals surface area contributed by atoms with Gasteiger partial charge >= 0.3 is 0 Å². The summed E-state index contributed by atoms with van der Waals surface area (Å²) < 4.78 is 0. The average molecular weight is 247 g/mol. The van der Waals surface area contributed by atoms with Crippen LogP contribution in [0.5, 0.6) is 0 Å². The summed E-state index contributed by atoms with van der Waals surface area (Å²) in [6, 6.07) is 6.74. The maximum Gasteiger partial charge on any atom is 0.0205 e. The molecule has 0 spiro atoms. The van der Waals surface area contributed by atoms with E-state index in [-0.39, 0.29) is 0 Å². The molecule has 0 unspecified atom stereocenters. The highest BCUT2D eigenvalue weighted by Crippen LogP contribution is 2.19. The van der Waals surface area contributed by atoms with E-state index < -0.39 is 0 Å². The first-order valence-electron chi connectivity index (χ1n) is 7.18. The highest BCUT2D eigenvalue weighted by Gasteiger charge is 2.16. The van der Waals surface area contributed by atoms with Gasteiger partial charge in [0.2, 0.25) is 0 Å². The van der Waals surface area contributed by atoms with Crippen molar-refractivity contribution in [2.75, 3.05) is 6.54 Å². The molecule has 1 aromatic carbocycles. The summed E-state index contributed by atoms with van der Waals surface area (Å²) in [4.78, 5) is 0. The molecule has 1 aromatic rings. The van der Waals surface area contributed by atoms with E-state index in [2.05, 4.69) is 65.1 Å². The van der Waals surface area contributed by atoms with Gasteiger partial charge in [-0.25, -0.2) is 0 Å². The van der Waals surface area contributed by atoms with Gasteiger partial charge in [-0.2, -0.15) is 0 Å². The second-order valence-corrected chi connectivity index (χ2v) is 6.20.